The summed E-state index contributed by atoms with van der Waals surface area (Å²) in [6.45, 7) is 9.53. The molecule has 0 aliphatic heterocycles. The number of ketones is 1. The van der Waals surface area contributed by atoms with Crippen molar-refractivity contribution in [2.24, 2.45) is 40.4 Å². The molecule has 0 N–H and O–H groups in total. The molecule has 0 radical (unpaired) electrons. The van der Waals surface area contributed by atoms with Crippen molar-refractivity contribution in [3.05, 3.63) is 0 Å². The summed E-state index contributed by atoms with van der Waals surface area (Å²) in [4.78, 5) is 36.9. The largest absolute Gasteiger partial charge is 0.463 e. The molecule has 5 nitrogen and oxygen atoms in total. The molecule has 4 rings (SSSR count). The van der Waals surface area contributed by atoms with Gasteiger partial charge in [0.05, 0.1) is 4.83 Å². The number of fused-ring (bicyclic) bond motifs is 5. The van der Waals surface area contributed by atoms with Gasteiger partial charge in [-0.05, 0) is 80.5 Å². The highest BCUT2D eigenvalue weighted by Gasteiger charge is 2.67. The van der Waals surface area contributed by atoms with E-state index in [1.54, 1.807) is 0 Å². The van der Waals surface area contributed by atoms with Gasteiger partial charge in [0.25, 0.3) is 0 Å². The average Bonchev–Trinajstić information content (AvgIpc) is 3.03. The fraction of sp³-hybridized carbons (Fsp3) is 0.880. The molecule has 10 atom stereocenters. The summed E-state index contributed by atoms with van der Waals surface area (Å²) in [6, 6.07) is 0. The maximum Gasteiger partial charge on any atom is 0.302 e. The molecule has 4 aliphatic carbocycles. The Bertz CT molecular complexity index is 767. The normalized spacial score (nSPS) is 47.5. The number of carbonyl (C=O) groups excluding carboxylic acids is 3. The molecule has 31 heavy (non-hydrogen) atoms. The lowest BCUT2D eigenvalue weighted by Crippen LogP contribution is -2.62. The predicted octanol–water partition coefficient (Wildman–Crippen LogP) is 5.08. The van der Waals surface area contributed by atoms with E-state index in [0.29, 0.717) is 23.5 Å². The smallest absolute Gasteiger partial charge is 0.302 e. The van der Waals surface area contributed by atoms with Gasteiger partial charge in [-0.3, -0.25) is 14.4 Å². The molecule has 8 unspecified atom stereocenters. The zero-order chi connectivity index (χ0) is 22.7. The molecule has 6 heteroatoms. The Morgan fingerprint density at radius 1 is 1.06 bits per heavy atom. The van der Waals surface area contributed by atoms with Crippen molar-refractivity contribution in [3.8, 4) is 0 Å². The number of alkyl halides is 1. The van der Waals surface area contributed by atoms with E-state index in [1.807, 2.05) is 6.92 Å². The van der Waals surface area contributed by atoms with Crippen molar-refractivity contribution >= 4 is 33.7 Å². The van der Waals surface area contributed by atoms with Crippen molar-refractivity contribution in [3.63, 3.8) is 0 Å². The zero-order valence-electron chi connectivity index (χ0n) is 19.5. The minimum Gasteiger partial charge on any atom is -0.463 e. The second-order valence-electron chi connectivity index (χ2n) is 11.2. The predicted molar refractivity (Wildman–Crippen MR) is 120 cm³/mol. The summed E-state index contributed by atoms with van der Waals surface area (Å²) < 4.78 is 11.2. The van der Waals surface area contributed by atoms with Crippen LogP contribution >= 0.6 is 15.9 Å². The minimum absolute atomic E-state index is 0.00343. The van der Waals surface area contributed by atoms with Gasteiger partial charge in [-0.1, -0.05) is 29.8 Å². The molecule has 4 aliphatic rings. The maximum absolute atomic E-state index is 14.0. The number of hydrogen-bond acceptors (Lipinski definition) is 5. The molecule has 4 fully saturated rings. The van der Waals surface area contributed by atoms with Crippen LogP contribution in [0.5, 0.6) is 0 Å². The molecule has 4 saturated carbocycles. The zero-order valence-corrected chi connectivity index (χ0v) is 21.1. The molecule has 0 aromatic rings. The van der Waals surface area contributed by atoms with Crippen molar-refractivity contribution in [2.75, 3.05) is 0 Å². The fourth-order valence-electron chi connectivity index (χ4n) is 8.45. The van der Waals surface area contributed by atoms with E-state index < -0.39 is 0 Å². The summed E-state index contributed by atoms with van der Waals surface area (Å²) in [5.41, 5.74) is -0.213. The van der Waals surface area contributed by atoms with Crippen LogP contribution in [-0.4, -0.2) is 34.8 Å². The van der Waals surface area contributed by atoms with E-state index in [2.05, 4.69) is 29.8 Å². The van der Waals surface area contributed by atoms with Gasteiger partial charge < -0.3 is 9.47 Å². The quantitative estimate of drug-likeness (QED) is 0.402. The Morgan fingerprint density at radius 2 is 1.77 bits per heavy atom. The first-order chi connectivity index (χ1) is 14.5. The van der Waals surface area contributed by atoms with Crippen LogP contribution in [-0.2, 0) is 23.9 Å². The molecule has 0 spiro atoms. The maximum atomic E-state index is 14.0. The fourth-order valence-corrected chi connectivity index (χ4v) is 9.42. The van der Waals surface area contributed by atoms with Crippen LogP contribution < -0.4 is 0 Å². The average molecular weight is 497 g/mol. The van der Waals surface area contributed by atoms with Crippen molar-refractivity contribution < 1.29 is 23.9 Å². The monoisotopic (exact) mass is 496 g/mol. The highest BCUT2D eigenvalue weighted by molar-refractivity contribution is 9.10. The summed E-state index contributed by atoms with van der Waals surface area (Å²) in [6.07, 6.45) is 6.77. The third kappa shape index (κ3) is 3.59. The van der Waals surface area contributed by atoms with E-state index in [4.69, 9.17) is 9.47 Å². The first-order valence-electron chi connectivity index (χ1n) is 12.0. The van der Waals surface area contributed by atoms with Gasteiger partial charge >= 0.3 is 11.9 Å². The third-order valence-corrected chi connectivity index (χ3v) is 11.2. The van der Waals surface area contributed by atoms with Crippen molar-refractivity contribution in [1.82, 2.24) is 0 Å². The molecule has 174 valence electrons. The first-order valence-corrected chi connectivity index (χ1v) is 12.9. The van der Waals surface area contributed by atoms with E-state index in [-0.39, 0.29) is 51.6 Å². The van der Waals surface area contributed by atoms with Gasteiger partial charge in [-0.25, -0.2) is 0 Å². The Balaban J connectivity index is 1.61. The summed E-state index contributed by atoms with van der Waals surface area (Å²) in [5.74, 6) is 1.45. The van der Waals surface area contributed by atoms with Crippen LogP contribution in [0.3, 0.4) is 0 Å². The molecular formula is C25H37BrO5. The van der Waals surface area contributed by atoms with Gasteiger partial charge in [0.15, 0.2) is 5.78 Å². The first kappa shape index (κ1) is 23.3. The number of halogens is 1. The van der Waals surface area contributed by atoms with Crippen LogP contribution in [0.25, 0.3) is 0 Å². The van der Waals surface area contributed by atoms with Crippen LogP contribution in [0.15, 0.2) is 0 Å². The molecule has 0 amide bonds. The lowest BCUT2D eigenvalue weighted by molar-refractivity contribution is -0.170. The second kappa shape index (κ2) is 8.14. The number of ether oxygens (including phenoxy) is 2. The Labute approximate surface area is 194 Å². The number of rotatable bonds is 3. The molecule has 0 aromatic heterocycles. The number of esters is 2. The molecule has 0 heterocycles. The van der Waals surface area contributed by atoms with Crippen LogP contribution in [0.1, 0.15) is 79.6 Å². The Kier molecular flexibility index (Phi) is 6.11. The van der Waals surface area contributed by atoms with Gasteiger partial charge in [-0.15, -0.1) is 0 Å². The lowest BCUT2D eigenvalue weighted by Gasteiger charge is -2.61. The highest BCUT2D eigenvalue weighted by atomic mass is 79.9. The summed E-state index contributed by atoms with van der Waals surface area (Å²) in [5, 5.41) is 0. The van der Waals surface area contributed by atoms with Gasteiger partial charge in [0.1, 0.15) is 12.2 Å². The van der Waals surface area contributed by atoms with Crippen molar-refractivity contribution in [1.29, 1.82) is 0 Å². The molecule has 0 saturated heterocycles. The van der Waals surface area contributed by atoms with E-state index in [9.17, 15) is 14.4 Å². The second-order valence-corrected chi connectivity index (χ2v) is 12.1. The summed E-state index contributed by atoms with van der Waals surface area (Å²) >= 11 is 3.88. The van der Waals surface area contributed by atoms with Gasteiger partial charge in [0.2, 0.25) is 0 Å². The van der Waals surface area contributed by atoms with Gasteiger partial charge in [-0.2, -0.15) is 0 Å². The van der Waals surface area contributed by atoms with E-state index in [1.165, 1.54) is 13.8 Å². The van der Waals surface area contributed by atoms with Crippen LogP contribution in [0.2, 0.25) is 0 Å². The van der Waals surface area contributed by atoms with Crippen LogP contribution in [0.4, 0.5) is 0 Å². The lowest BCUT2D eigenvalue weighted by atomic mass is 9.44. The van der Waals surface area contributed by atoms with Crippen LogP contribution in [0, 0.1) is 40.4 Å². The standard InChI is InChI=1S/C25H37BrO5/c1-13(30-14(2)27)19-8-9-20-18-7-6-16-12-17(31-15(3)28)10-11-24(16,4)21(18)22(29)23(26)25(19,20)5/h13,16-21,23H,6-12H2,1-5H3/t13?,16-,17?,18?,19?,20?,21?,23-,24?,25?/m0/s1. The third-order valence-electron chi connectivity index (χ3n) is 9.73. The summed E-state index contributed by atoms with van der Waals surface area (Å²) in [7, 11) is 0. The number of Topliss-reactive ketones (excluding diaryl/α,β-unsaturated/α-hetero) is 1. The minimum atomic E-state index is -0.247. The Hall–Kier alpha value is -0.910. The van der Waals surface area contributed by atoms with Crippen molar-refractivity contribution in [2.45, 2.75) is 96.6 Å². The number of carbonyl (C=O) groups is 3. The topological polar surface area (TPSA) is 69.7 Å². The van der Waals surface area contributed by atoms with E-state index in [0.717, 1.165) is 44.9 Å². The molecule has 0 bridgehead atoms. The molecule has 0 aromatic carbocycles. The SMILES string of the molecule is CC(=O)OC1CCC2(C)C3C(=O)[C@H](Br)C4(C)C(C(C)OC(C)=O)CCC4C3CC[C@H]2C1. The Morgan fingerprint density at radius 3 is 2.42 bits per heavy atom. The van der Waals surface area contributed by atoms with E-state index >= 15 is 0 Å². The highest BCUT2D eigenvalue weighted by Crippen LogP contribution is 2.68. The molecular weight excluding hydrogens is 460 g/mol. The number of hydrogen-bond donors (Lipinski definition) is 0. The van der Waals surface area contributed by atoms with Gasteiger partial charge in [0, 0.05) is 25.7 Å².